The molecular formula is C15H25NO2. The molecule has 1 rings (SSSR count). The summed E-state index contributed by atoms with van der Waals surface area (Å²) in [7, 11) is 0. The molecule has 0 aliphatic heterocycles. The van der Waals surface area contributed by atoms with Crippen molar-refractivity contribution in [1.82, 2.24) is 0 Å². The molecule has 3 nitrogen and oxygen atoms in total. The summed E-state index contributed by atoms with van der Waals surface area (Å²) in [6.07, 6.45) is 0. The SMILES string of the molecule is CCOC(CN)(OCC)c1ccc(C(C)C)cc1. The maximum Gasteiger partial charge on any atom is 0.207 e. The number of benzene rings is 1. The van der Waals surface area contributed by atoms with E-state index in [-0.39, 0.29) is 0 Å². The smallest absolute Gasteiger partial charge is 0.207 e. The summed E-state index contributed by atoms with van der Waals surface area (Å²) < 4.78 is 11.5. The third-order valence-electron chi connectivity index (χ3n) is 3.04. The molecule has 0 spiro atoms. The van der Waals surface area contributed by atoms with E-state index < -0.39 is 5.79 Å². The zero-order valence-corrected chi connectivity index (χ0v) is 11.9. The third kappa shape index (κ3) is 3.31. The summed E-state index contributed by atoms with van der Waals surface area (Å²) in [5, 5.41) is 0. The Kier molecular flexibility index (Phi) is 5.79. The van der Waals surface area contributed by atoms with Gasteiger partial charge in [0.15, 0.2) is 0 Å². The quantitative estimate of drug-likeness (QED) is 0.758. The molecule has 0 fully saturated rings. The summed E-state index contributed by atoms with van der Waals surface area (Å²) in [6, 6.07) is 8.33. The molecule has 0 amide bonds. The van der Waals surface area contributed by atoms with Crippen molar-refractivity contribution in [2.24, 2.45) is 5.73 Å². The van der Waals surface area contributed by atoms with Crippen molar-refractivity contribution in [2.75, 3.05) is 19.8 Å². The van der Waals surface area contributed by atoms with Crippen LogP contribution >= 0.6 is 0 Å². The van der Waals surface area contributed by atoms with Crippen molar-refractivity contribution in [3.63, 3.8) is 0 Å². The van der Waals surface area contributed by atoms with Crippen molar-refractivity contribution < 1.29 is 9.47 Å². The monoisotopic (exact) mass is 251 g/mol. The van der Waals surface area contributed by atoms with E-state index in [1.807, 2.05) is 26.0 Å². The Morgan fingerprint density at radius 1 is 1.06 bits per heavy atom. The predicted octanol–water partition coefficient (Wildman–Crippen LogP) is 2.99. The van der Waals surface area contributed by atoms with Crippen molar-refractivity contribution in [2.45, 2.75) is 39.4 Å². The van der Waals surface area contributed by atoms with Crippen LogP contribution in [-0.2, 0) is 15.3 Å². The van der Waals surface area contributed by atoms with Crippen LogP contribution in [0.2, 0.25) is 0 Å². The fourth-order valence-electron chi connectivity index (χ4n) is 2.03. The Bertz CT molecular complexity index is 340. The number of hydrogen-bond donors (Lipinski definition) is 1. The largest absolute Gasteiger partial charge is 0.345 e. The van der Waals surface area contributed by atoms with Crippen LogP contribution in [0.1, 0.15) is 44.7 Å². The molecule has 102 valence electrons. The van der Waals surface area contributed by atoms with E-state index in [1.165, 1.54) is 5.56 Å². The van der Waals surface area contributed by atoms with Crippen molar-refractivity contribution in [3.05, 3.63) is 35.4 Å². The average Bonchev–Trinajstić information content (AvgIpc) is 2.38. The highest BCUT2D eigenvalue weighted by atomic mass is 16.7. The number of hydrogen-bond acceptors (Lipinski definition) is 3. The molecule has 2 N–H and O–H groups in total. The molecule has 0 unspecified atom stereocenters. The third-order valence-corrected chi connectivity index (χ3v) is 3.04. The molecule has 0 heterocycles. The molecule has 0 aliphatic carbocycles. The van der Waals surface area contributed by atoms with E-state index >= 15 is 0 Å². The fraction of sp³-hybridized carbons (Fsp3) is 0.600. The molecule has 1 aromatic carbocycles. The van der Waals surface area contributed by atoms with Gasteiger partial charge in [0.05, 0.1) is 6.54 Å². The highest BCUT2D eigenvalue weighted by molar-refractivity contribution is 5.28. The molecular weight excluding hydrogens is 226 g/mol. The summed E-state index contributed by atoms with van der Waals surface area (Å²) in [4.78, 5) is 0. The van der Waals surface area contributed by atoms with Gasteiger partial charge in [0, 0.05) is 18.8 Å². The summed E-state index contributed by atoms with van der Waals surface area (Å²) in [6.45, 7) is 9.71. The minimum Gasteiger partial charge on any atom is -0.345 e. The van der Waals surface area contributed by atoms with Gasteiger partial charge < -0.3 is 15.2 Å². The van der Waals surface area contributed by atoms with Crippen LogP contribution < -0.4 is 5.73 Å². The zero-order valence-electron chi connectivity index (χ0n) is 11.9. The van der Waals surface area contributed by atoms with E-state index in [0.29, 0.717) is 25.7 Å². The van der Waals surface area contributed by atoms with Crippen LogP contribution in [0, 0.1) is 0 Å². The second-order valence-corrected chi connectivity index (χ2v) is 4.60. The lowest BCUT2D eigenvalue weighted by molar-refractivity contribution is -0.235. The first-order valence-corrected chi connectivity index (χ1v) is 6.68. The van der Waals surface area contributed by atoms with Crippen molar-refractivity contribution in [3.8, 4) is 0 Å². The molecule has 0 aliphatic rings. The van der Waals surface area contributed by atoms with Crippen LogP contribution in [-0.4, -0.2) is 19.8 Å². The molecule has 18 heavy (non-hydrogen) atoms. The molecule has 0 bridgehead atoms. The van der Waals surface area contributed by atoms with Gasteiger partial charge >= 0.3 is 0 Å². The summed E-state index contributed by atoms with van der Waals surface area (Å²) in [5.74, 6) is -0.288. The molecule has 0 atom stereocenters. The summed E-state index contributed by atoms with van der Waals surface area (Å²) in [5.41, 5.74) is 8.15. The highest BCUT2D eigenvalue weighted by Crippen LogP contribution is 2.28. The maximum atomic E-state index is 5.86. The van der Waals surface area contributed by atoms with Crippen molar-refractivity contribution in [1.29, 1.82) is 0 Å². The van der Waals surface area contributed by atoms with Gasteiger partial charge in [-0.05, 0) is 25.3 Å². The number of nitrogens with two attached hydrogens (primary N) is 1. The van der Waals surface area contributed by atoms with Crippen LogP contribution in [0.25, 0.3) is 0 Å². The molecule has 3 heteroatoms. The van der Waals surface area contributed by atoms with Gasteiger partial charge in [-0.2, -0.15) is 0 Å². The van der Waals surface area contributed by atoms with Crippen LogP contribution in [0.4, 0.5) is 0 Å². The van der Waals surface area contributed by atoms with E-state index in [1.54, 1.807) is 0 Å². The first-order valence-electron chi connectivity index (χ1n) is 6.68. The van der Waals surface area contributed by atoms with Gasteiger partial charge in [-0.3, -0.25) is 0 Å². The summed E-state index contributed by atoms with van der Waals surface area (Å²) >= 11 is 0. The zero-order chi connectivity index (χ0) is 13.6. The first-order chi connectivity index (χ1) is 8.59. The lowest BCUT2D eigenvalue weighted by Crippen LogP contribution is -2.41. The van der Waals surface area contributed by atoms with Gasteiger partial charge in [-0.25, -0.2) is 0 Å². The van der Waals surface area contributed by atoms with Crippen LogP contribution in [0.15, 0.2) is 24.3 Å². The minimum atomic E-state index is -0.807. The lowest BCUT2D eigenvalue weighted by Gasteiger charge is -2.32. The Balaban J connectivity index is 3.04. The van der Waals surface area contributed by atoms with Crippen molar-refractivity contribution >= 4 is 0 Å². The van der Waals surface area contributed by atoms with E-state index in [4.69, 9.17) is 15.2 Å². The average molecular weight is 251 g/mol. The molecule has 0 saturated heterocycles. The van der Waals surface area contributed by atoms with E-state index in [9.17, 15) is 0 Å². The highest BCUT2D eigenvalue weighted by Gasteiger charge is 2.32. The second-order valence-electron chi connectivity index (χ2n) is 4.60. The number of rotatable bonds is 7. The Morgan fingerprint density at radius 2 is 1.56 bits per heavy atom. The lowest BCUT2D eigenvalue weighted by atomic mass is 9.98. The normalized spacial score (nSPS) is 12.1. The van der Waals surface area contributed by atoms with Gasteiger partial charge in [-0.15, -0.1) is 0 Å². The maximum absolute atomic E-state index is 5.86. The standard InChI is InChI=1S/C15H25NO2/c1-5-17-15(11-16,18-6-2)14-9-7-13(8-10-14)12(3)4/h7-10,12H,5-6,11,16H2,1-4H3. The molecule has 1 aromatic rings. The van der Waals surface area contributed by atoms with E-state index in [2.05, 4.69) is 26.0 Å². The Labute approximate surface area is 110 Å². The molecule has 0 saturated carbocycles. The second kappa shape index (κ2) is 6.88. The Hall–Kier alpha value is -0.900. The van der Waals surface area contributed by atoms with Crippen LogP contribution in [0.5, 0.6) is 0 Å². The Morgan fingerprint density at radius 3 is 1.89 bits per heavy atom. The predicted molar refractivity (Wildman–Crippen MR) is 74.5 cm³/mol. The molecule has 0 radical (unpaired) electrons. The minimum absolute atomic E-state index is 0.315. The molecule has 0 aromatic heterocycles. The van der Waals surface area contributed by atoms with Gasteiger partial charge in [-0.1, -0.05) is 38.1 Å². The number of ether oxygens (including phenoxy) is 2. The van der Waals surface area contributed by atoms with E-state index in [0.717, 1.165) is 5.56 Å². The van der Waals surface area contributed by atoms with Crippen LogP contribution in [0.3, 0.4) is 0 Å². The van der Waals surface area contributed by atoms with Gasteiger partial charge in [0.2, 0.25) is 5.79 Å². The topological polar surface area (TPSA) is 44.5 Å². The van der Waals surface area contributed by atoms with Gasteiger partial charge in [0.25, 0.3) is 0 Å². The fourth-order valence-corrected chi connectivity index (χ4v) is 2.03. The van der Waals surface area contributed by atoms with Gasteiger partial charge in [0.1, 0.15) is 0 Å². The first kappa shape index (κ1) is 15.2.